The minimum atomic E-state index is 0.104. The average Bonchev–Trinajstić information content (AvgIpc) is 2.63. The first kappa shape index (κ1) is 14.3. The van der Waals surface area contributed by atoms with Gasteiger partial charge in [-0.25, -0.2) is 0 Å². The molecule has 23 heavy (non-hydrogen) atoms. The molecule has 0 saturated heterocycles. The summed E-state index contributed by atoms with van der Waals surface area (Å²) >= 11 is 0. The van der Waals surface area contributed by atoms with Crippen LogP contribution in [-0.4, -0.2) is 36.5 Å². The summed E-state index contributed by atoms with van der Waals surface area (Å²) in [5, 5.41) is 7.66. The molecule has 2 aromatic rings. The summed E-state index contributed by atoms with van der Waals surface area (Å²) in [6, 6.07) is 18.8. The lowest BCUT2D eigenvalue weighted by Gasteiger charge is -2.32. The molecule has 2 aromatic carbocycles. The van der Waals surface area contributed by atoms with Crippen molar-refractivity contribution in [3.63, 3.8) is 0 Å². The zero-order valence-corrected chi connectivity index (χ0v) is 13.1. The Labute approximate surface area is 136 Å². The van der Waals surface area contributed by atoms with Gasteiger partial charge in [0.05, 0.1) is 6.54 Å². The molecule has 0 amide bonds. The molecular weight excluding hydrogens is 286 g/mol. The molecule has 2 heterocycles. The Hall–Kier alpha value is -2.33. The van der Waals surface area contributed by atoms with Crippen molar-refractivity contribution < 1.29 is 4.84 Å². The van der Waals surface area contributed by atoms with Crippen molar-refractivity contribution in [3.05, 3.63) is 71.3 Å². The van der Waals surface area contributed by atoms with Crippen LogP contribution in [0.15, 0.2) is 59.8 Å². The standard InChI is InChI=1S/C19H21N3O/c1-2-7-16(8-3-1)19-20-12-18(23-21-19)14-22-11-10-15-6-4-5-9-17(15)13-22/h1-9,18H,10-14H2,(H,20,21). The Bertz CT molecular complexity index is 699. The van der Waals surface area contributed by atoms with Crippen LogP contribution in [-0.2, 0) is 17.8 Å². The van der Waals surface area contributed by atoms with Crippen molar-refractivity contribution in [2.45, 2.75) is 19.1 Å². The molecule has 0 aromatic heterocycles. The highest BCUT2D eigenvalue weighted by Gasteiger charge is 2.23. The number of nitrogens with zero attached hydrogens (tertiary/aromatic N) is 2. The van der Waals surface area contributed by atoms with Crippen LogP contribution in [0.4, 0.5) is 0 Å². The second kappa shape index (κ2) is 6.42. The summed E-state index contributed by atoms with van der Waals surface area (Å²) in [6.45, 7) is 3.80. The van der Waals surface area contributed by atoms with Gasteiger partial charge in [0.2, 0.25) is 0 Å². The van der Waals surface area contributed by atoms with Gasteiger partial charge in [-0.2, -0.15) is 0 Å². The predicted octanol–water partition coefficient (Wildman–Crippen LogP) is 2.39. The van der Waals surface area contributed by atoms with Crippen LogP contribution in [0.1, 0.15) is 16.7 Å². The monoisotopic (exact) mass is 307 g/mol. The quantitative estimate of drug-likeness (QED) is 0.946. The Kier molecular flexibility index (Phi) is 3.99. The Balaban J connectivity index is 1.36. The van der Waals surface area contributed by atoms with E-state index >= 15 is 0 Å². The lowest BCUT2D eigenvalue weighted by molar-refractivity contribution is 0.0204. The Morgan fingerprint density at radius 2 is 1.83 bits per heavy atom. The fraction of sp³-hybridized carbons (Fsp3) is 0.316. The number of hydrogen-bond donors (Lipinski definition) is 1. The zero-order valence-electron chi connectivity index (χ0n) is 13.1. The molecule has 1 atom stereocenters. The van der Waals surface area contributed by atoms with E-state index in [1.54, 1.807) is 0 Å². The van der Waals surface area contributed by atoms with Gasteiger partial charge in [0.25, 0.3) is 0 Å². The van der Waals surface area contributed by atoms with Crippen LogP contribution in [0, 0.1) is 0 Å². The third-order valence-corrected chi connectivity index (χ3v) is 4.51. The van der Waals surface area contributed by atoms with Crippen molar-refractivity contribution in [3.8, 4) is 0 Å². The summed E-state index contributed by atoms with van der Waals surface area (Å²) in [4.78, 5) is 8.18. The molecule has 4 nitrogen and oxygen atoms in total. The molecule has 0 bridgehead atoms. The molecule has 0 aliphatic carbocycles. The number of nitrogens with one attached hydrogen (secondary N) is 1. The third kappa shape index (κ3) is 3.22. The highest BCUT2D eigenvalue weighted by Crippen LogP contribution is 2.19. The van der Waals surface area contributed by atoms with Crippen LogP contribution >= 0.6 is 0 Å². The largest absolute Gasteiger partial charge is 0.388 e. The molecular formula is C19H21N3O. The number of benzene rings is 2. The van der Waals surface area contributed by atoms with E-state index in [9.17, 15) is 0 Å². The van der Waals surface area contributed by atoms with E-state index in [0.29, 0.717) is 0 Å². The number of fused-ring (bicyclic) bond motifs is 1. The van der Waals surface area contributed by atoms with Crippen LogP contribution < -0.4 is 5.32 Å². The molecule has 0 fully saturated rings. The second-order valence-electron chi connectivity index (χ2n) is 6.17. The van der Waals surface area contributed by atoms with Gasteiger partial charge in [0, 0.05) is 25.2 Å². The van der Waals surface area contributed by atoms with E-state index in [-0.39, 0.29) is 6.10 Å². The highest BCUT2D eigenvalue weighted by molar-refractivity contribution is 5.98. The van der Waals surface area contributed by atoms with E-state index in [1.165, 1.54) is 11.1 Å². The van der Waals surface area contributed by atoms with Crippen molar-refractivity contribution in [1.29, 1.82) is 0 Å². The topological polar surface area (TPSA) is 36.9 Å². The van der Waals surface area contributed by atoms with Crippen LogP contribution in [0.2, 0.25) is 0 Å². The number of amidine groups is 1. The molecule has 0 spiro atoms. The van der Waals surface area contributed by atoms with E-state index in [2.05, 4.69) is 39.6 Å². The zero-order chi connectivity index (χ0) is 15.5. The minimum Gasteiger partial charge on any atom is -0.388 e. The summed E-state index contributed by atoms with van der Waals surface area (Å²) < 4.78 is 0. The van der Waals surface area contributed by atoms with Gasteiger partial charge in [-0.3, -0.25) is 4.90 Å². The average molecular weight is 307 g/mol. The lowest BCUT2D eigenvalue weighted by Crippen LogP contribution is -2.45. The normalized spacial score (nSPS) is 20.9. The number of oxime groups is 1. The van der Waals surface area contributed by atoms with Crippen molar-refractivity contribution >= 4 is 5.84 Å². The first-order valence-corrected chi connectivity index (χ1v) is 8.21. The SMILES string of the molecule is c1ccc(C2=NOC(CN3CCc4ccccc4C3)CN2)cc1. The maximum atomic E-state index is 5.72. The second-order valence-corrected chi connectivity index (χ2v) is 6.17. The lowest BCUT2D eigenvalue weighted by atomic mass is 10.00. The van der Waals surface area contributed by atoms with Gasteiger partial charge in [0.15, 0.2) is 11.9 Å². The fourth-order valence-electron chi connectivity index (χ4n) is 3.25. The third-order valence-electron chi connectivity index (χ3n) is 4.51. The van der Waals surface area contributed by atoms with Gasteiger partial charge in [-0.1, -0.05) is 59.8 Å². The van der Waals surface area contributed by atoms with Crippen LogP contribution in [0.25, 0.3) is 0 Å². The Morgan fingerprint density at radius 1 is 1.04 bits per heavy atom. The van der Waals surface area contributed by atoms with Gasteiger partial charge in [0.1, 0.15) is 0 Å². The summed E-state index contributed by atoms with van der Waals surface area (Å²) in [5.74, 6) is 0.825. The van der Waals surface area contributed by atoms with E-state index in [0.717, 1.165) is 44.0 Å². The molecule has 4 heteroatoms. The molecule has 4 rings (SSSR count). The van der Waals surface area contributed by atoms with Gasteiger partial charge >= 0.3 is 0 Å². The highest BCUT2D eigenvalue weighted by atomic mass is 16.6. The van der Waals surface area contributed by atoms with Crippen LogP contribution in [0.5, 0.6) is 0 Å². The van der Waals surface area contributed by atoms with Gasteiger partial charge in [-0.15, -0.1) is 0 Å². The predicted molar refractivity (Wildman–Crippen MR) is 91.3 cm³/mol. The molecule has 2 aliphatic heterocycles. The molecule has 118 valence electrons. The maximum Gasteiger partial charge on any atom is 0.173 e. The summed E-state index contributed by atoms with van der Waals surface area (Å²) in [7, 11) is 0. The molecule has 0 radical (unpaired) electrons. The first-order valence-electron chi connectivity index (χ1n) is 8.21. The Morgan fingerprint density at radius 3 is 2.61 bits per heavy atom. The van der Waals surface area contributed by atoms with Crippen molar-refractivity contribution in [2.24, 2.45) is 5.16 Å². The van der Waals surface area contributed by atoms with Crippen molar-refractivity contribution in [1.82, 2.24) is 10.2 Å². The molecule has 1 unspecified atom stereocenters. The van der Waals surface area contributed by atoms with Gasteiger partial charge < -0.3 is 10.2 Å². The van der Waals surface area contributed by atoms with E-state index in [1.807, 2.05) is 30.3 Å². The molecule has 1 N–H and O–H groups in total. The smallest absolute Gasteiger partial charge is 0.173 e. The van der Waals surface area contributed by atoms with Crippen LogP contribution in [0.3, 0.4) is 0 Å². The molecule has 0 saturated carbocycles. The van der Waals surface area contributed by atoms with Gasteiger partial charge in [-0.05, 0) is 17.5 Å². The van der Waals surface area contributed by atoms with E-state index in [4.69, 9.17) is 4.84 Å². The summed E-state index contributed by atoms with van der Waals surface area (Å²) in [6.07, 6.45) is 1.22. The first-order chi connectivity index (χ1) is 11.4. The molecule has 2 aliphatic rings. The maximum absolute atomic E-state index is 5.72. The van der Waals surface area contributed by atoms with E-state index < -0.39 is 0 Å². The number of rotatable bonds is 3. The van der Waals surface area contributed by atoms with Crippen molar-refractivity contribution in [2.75, 3.05) is 19.6 Å². The fourth-order valence-corrected chi connectivity index (χ4v) is 3.25. The minimum absolute atomic E-state index is 0.104. The summed E-state index contributed by atoms with van der Waals surface area (Å²) in [5.41, 5.74) is 3.99. The number of hydrogen-bond acceptors (Lipinski definition) is 4.